The van der Waals surface area contributed by atoms with Crippen LogP contribution in [0, 0.1) is 5.92 Å². The summed E-state index contributed by atoms with van der Waals surface area (Å²) in [6.07, 6.45) is 8.31. The third-order valence-electron chi connectivity index (χ3n) is 3.68. The number of benzene rings is 1. The summed E-state index contributed by atoms with van der Waals surface area (Å²) in [5.41, 5.74) is 1.13. The number of hydrogen-bond donors (Lipinski definition) is 0. The van der Waals surface area contributed by atoms with E-state index < -0.39 is 0 Å². The summed E-state index contributed by atoms with van der Waals surface area (Å²) >= 11 is 0. The lowest BCUT2D eigenvalue weighted by Gasteiger charge is -2.23. The van der Waals surface area contributed by atoms with Gasteiger partial charge in [0.15, 0.2) is 0 Å². The molecule has 0 N–H and O–H groups in total. The lowest BCUT2D eigenvalue weighted by molar-refractivity contribution is 0.147. The highest BCUT2D eigenvalue weighted by Crippen LogP contribution is 2.33. The molecule has 2 aliphatic rings. The Balaban J connectivity index is 1.75. The maximum absolute atomic E-state index is 5.90. The topological polar surface area (TPSA) is 18.5 Å². The third-order valence-corrected chi connectivity index (χ3v) is 3.68. The highest BCUT2D eigenvalue weighted by molar-refractivity contribution is 5.34. The summed E-state index contributed by atoms with van der Waals surface area (Å²) < 4.78 is 11.6. The van der Waals surface area contributed by atoms with Crippen LogP contribution in [0.1, 0.15) is 37.7 Å². The van der Waals surface area contributed by atoms with Gasteiger partial charge in [-0.1, -0.05) is 37.5 Å². The van der Waals surface area contributed by atoms with E-state index in [1.54, 1.807) is 0 Å². The minimum absolute atomic E-state index is 0.568. The van der Waals surface area contributed by atoms with Crippen molar-refractivity contribution in [2.75, 3.05) is 0 Å². The Kier molecular flexibility index (Phi) is 3.04. The smallest absolute Gasteiger partial charge is 0.135 e. The van der Waals surface area contributed by atoms with Gasteiger partial charge in [-0.15, -0.1) is 0 Å². The Morgan fingerprint density at radius 1 is 1.00 bits per heavy atom. The Hall–Kier alpha value is -1.44. The fourth-order valence-electron chi connectivity index (χ4n) is 2.66. The van der Waals surface area contributed by atoms with E-state index in [-0.39, 0.29) is 0 Å². The van der Waals surface area contributed by atoms with Crippen LogP contribution in [-0.4, -0.2) is 0 Å². The van der Waals surface area contributed by atoms with Crippen LogP contribution in [0.25, 0.3) is 0 Å². The van der Waals surface area contributed by atoms with Gasteiger partial charge in [-0.2, -0.15) is 0 Å². The Morgan fingerprint density at radius 2 is 1.82 bits per heavy atom. The Morgan fingerprint density at radius 3 is 2.71 bits per heavy atom. The molecule has 1 aromatic carbocycles. The molecule has 0 saturated heterocycles. The van der Waals surface area contributed by atoms with Crippen molar-refractivity contribution in [3.05, 3.63) is 41.9 Å². The van der Waals surface area contributed by atoms with Crippen LogP contribution in [0.15, 0.2) is 36.3 Å². The summed E-state index contributed by atoms with van der Waals surface area (Å²) in [6, 6.07) is 8.08. The van der Waals surface area contributed by atoms with Crippen LogP contribution in [0.5, 0.6) is 5.75 Å². The van der Waals surface area contributed by atoms with Gasteiger partial charge in [-0.05, 0) is 18.9 Å². The molecule has 0 bridgehead atoms. The predicted octanol–water partition coefficient (Wildman–Crippen LogP) is 4.02. The van der Waals surface area contributed by atoms with Crippen molar-refractivity contribution in [2.24, 2.45) is 5.92 Å². The molecule has 1 aliphatic carbocycles. The molecule has 1 aliphatic heterocycles. The molecule has 0 radical (unpaired) electrons. The molecule has 0 spiro atoms. The zero-order valence-electron chi connectivity index (χ0n) is 10.0. The van der Waals surface area contributed by atoms with Gasteiger partial charge in [-0.25, -0.2) is 0 Å². The molecule has 2 nitrogen and oxygen atoms in total. The quantitative estimate of drug-likeness (QED) is 0.725. The standard InChI is InChI=1S/C15H18O2/c1-2-6-12(7-3-1)15-11-17-14-9-5-4-8-13(14)10-16-15/h4-5,8-9,11-12H,1-3,6-7,10H2. The number of para-hydroxylation sites is 1. The van der Waals surface area contributed by atoms with Crippen molar-refractivity contribution in [3.8, 4) is 5.75 Å². The van der Waals surface area contributed by atoms with Crippen LogP contribution in [-0.2, 0) is 11.3 Å². The van der Waals surface area contributed by atoms with Gasteiger partial charge in [0.2, 0.25) is 0 Å². The first-order valence-electron chi connectivity index (χ1n) is 6.51. The van der Waals surface area contributed by atoms with Gasteiger partial charge in [0, 0.05) is 11.5 Å². The van der Waals surface area contributed by atoms with Crippen molar-refractivity contribution in [2.45, 2.75) is 38.7 Å². The summed E-state index contributed by atoms with van der Waals surface area (Å²) in [7, 11) is 0. The van der Waals surface area contributed by atoms with E-state index in [4.69, 9.17) is 9.47 Å². The average Bonchev–Trinajstić information content (AvgIpc) is 2.62. The van der Waals surface area contributed by atoms with Gasteiger partial charge in [0.05, 0.1) is 0 Å². The summed E-state index contributed by atoms with van der Waals surface area (Å²) in [5.74, 6) is 2.54. The average molecular weight is 230 g/mol. The van der Waals surface area contributed by atoms with Crippen LogP contribution < -0.4 is 4.74 Å². The third kappa shape index (κ3) is 2.31. The number of allylic oxidation sites excluding steroid dienone is 1. The van der Waals surface area contributed by atoms with Crippen molar-refractivity contribution in [1.29, 1.82) is 0 Å². The zero-order valence-corrected chi connectivity index (χ0v) is 10.0. The molecule has 2 heteroatoms. The SMILES string of the molecule is C1=C(C2CCCCC2)OCc2ccccc2O1. The van der Waals surface area contributed by atoms with Crippen LogP contribution in [0.2, 0.25) is 0 Å². The van der Waals surface area contributed by atoms with E-state index in [1.807, 2.05) is 24.5 Å². The zero-order chi connectivity index (χ0) is 11.5. The van der Waals surface area contributed by atoms with Gasteiger partial charge in [0.25, 0.3) is 0 Å². The van der Waals surface area contributed by atoms with Crippen LogP contribution in [0.4, 0.5) is 0 Å². The molecule has 1 heterocycles. The molecule has 17 heavy (non-hydrogen) atoms. The number of rotatable bonds is 1. The maximum atomic E-state index is 5.90. The van der Waals surface area contributed by atoms with Gasteiger partial charge < -0.3 is 9.47 Å². The van der Waals surface area contributed by atoms with Gasteiger partial charge in [0.1, 0.15) is 24.4 Å². The van der Waals surface area contributed by atoms with Crippen LogP contribution >= 0.6 is 0 Å². The number of ether oxygens (including phenoxy) is 2. The number of fused-ring (bicyclic) bond motifs is 1. The first-order valence-corrected chi connectivity index (χ1v) is 6.51. The van der Waals surface area contributed by atoms with E-state index in [9.17, 15) is 0 Å². The molecular weight excluding hydrogens is 212 g/mol. The molecule has 1 saturated carbocycles. The lowest BCUT2D eigenvalue weighted by Crippen LogP contribution is -2.11. The van der Waals surface area contributed by atoms with E-state index in [0.29, 0.717) is 12.5 Å². The van der Waals surface area contributed by atoms with E-state index >= 15 is 0 Å². The second-order valence-corrected chi connectivity index (χ2v) is 4.87. The summed E-state index contributed by atoms with van der Waals surface area (Å²) in [4.78, 5) is 0. The largest absolute Gasteiger partial charge is 0.490 e. The van der Waals surface area contributed by atoms with Crippen molar-refractivity contribution in [1.82, 2.24) is 0 Å². The van der Waals surface area contributed by atoms with E-state index in [1.165, 1.54) is 32.1 Å². The Labute approximate surface area is 102 Å². The highest BCUT2D eigenvalue weighted by Gasteiger charge is 2.21. The predicted molar refractivity (Wildman–Crippen MR) is 66.5 cm³/mol. The second-order valence-electron chi connectivity index (χ2n) is 4.87. The molecule has 0 aromatic heterocycles. The molecule has 90 valence electrons. The van der Waals surface area contributed by atoms with Crippen LogP contribution in [0.3, 0.4) is 0 Å². The fourth-order valence-corrected chi connectivity index (χ4v) is 2.66. The minimum atomic E-state index is 0.568. The lowest BCUT2D eigenvalue weighted by atomic mass is 9.88. The fraction of sp³-hybridized carbons (Fsp3) is 0.467. The molecule has 3 rings (SSSR count). The molecule has 0 atom stereocenters. The van der Waals surface area contributed by atoms with Crippen molar-refractivity contribution >= 4 is 0 Å². The van der Waals surface area contributed by atoms with E-state index in [0.717, 1.165) is 17.1 Å². The molecule has 0 unspecified atom stereocenters. The second kappa shape index (κ2) is 4.82. The first kappa shape index (κ1) is 10.7. The van der Waals surface area contributed by atoms with E-state index in [2.05, 4.69) is 6.07 Å². The monoisotopic (exact) mass is 230 g/mol. The summed E-state index contributed by atoms with van der Waals surface area (Å²) in [6.45, 7) is 0.637. The molecule has 1 fully saturated rings. The normalized spacial score (nSPS) is 20.6. The maximum Gasteiger partial charge on any atom is 0.135 e. The highest BCUT2D eigenvalue weighted by atomic mass is 16.5. The van der Waals surface area contributed by atoms with Gasteiger partial charge >= 0.3 is 0 Å². The minimum Gasteiger partial charge on any atom is -0.490 e. The molecule has 1 aromatic rings. The molecule has 0 amide bonds. The molecular formula is C15H18O2. The first-order chi connectivity index (χ1) is 8.43. The number of hydrogen-bond acceptors (Lipinski definition) is 2. The van der Waals surface area contributed by atoms with Crippen molar-refractivity contribution in [3.63, 3.8) is 0 Å². The Bertz CT molecular complexity index is 417. The van der Waals surface area contributed by atoms with Crippen molar-refractivity contribution < 1.29 is 9.47 Å². The summed E-state index contributed by atoms with van der Waals surface area (Å²) in [5, 5.41) is 0. The van der Waals surface area contributed by atoms with Gasteiger partial charge in [-0.3, -0.25) is 0 Å².